The third-order valence-electron chi connectivity index (χ3n) is 5.24. The molecule has 6 nitrogen and oxygen atoms in total. The van der Waals surface area contributed by atoms with Crippen molar-refractivity contribution in [2.24, 2.45) is 5.92 Å². The van der Waals surface area contributed by atoms with Gasteiger partial charge in [-0.25, -0.2) is 9.36 Å². The summed E-state index contributed by atoms with van der Waals surface area (Å²) in [6, 6.07) is 11.3. The lowest BCUT2D eigenvalue weighted by Gasteiger charge is -2.43. The van der Waals surface area contributed by atoms with Crippen LogP contribution in [-0.4, -0.2) is 45.7 Å². The van der Waals surface area contributed by atoms with E-state index in [9.17, 15) is 9.59 Å². The number of β-lactam (4-membered cyclic amide) rings is 1. The molecule has 3 heterocycles. The van der Waals surface area contributed by atoms with Crippen molar-refractivity contribution in [1.29, 1.82) is 0 Å². The summed E-state index contributed by atoms with van der Waals surface area (Å²) in [5.74, 6) is -0.0490. The van der Waals surface area contributed by atoms with Gasteiger partial charge in [0.1, 0.15) is 12.6 Å². The second-order valence-corrected chi connectivity index (χ2v) is 8.93. The molecule has 2 saturated heterocycles. The van der Waals surface area contributed by atoms with Crippen LogP contribution in [0.1, 0.15) is 17.5 Å². The minimum atomic E-state index is -0.526. The second-order valence-electron chi connectivity index (χ2n) is 7.27. The van der Waals surface area contributed by atoms with E-state index in [2.05, 4.69) is 12.6 Å². The molecule has 0 radical (unpaired) electrons. The van der Waals surface area contributed by atoms with Crippen molar-refractivity contribution < 1.29 is 24.0 Å². The van der Waals surface area contributed by atoms with Gasteiger partial charge in [0.25, 0.3) is 0 Å². The number of ether oxygens (including phenoxy) is 1. The van der Waals surface area contributed by atoms with E-state index < -0.39 is 6.04 Å². The number of pyridine rings is 1. The Bertz CT molecular complexity index is 923. The van der Waals surface area contributed by atoms with Gasteiger partial charge in [-0.15, -0.1) is 24.4 Å². The zero-order valence-corrected chi connectivity index (χ0v) is 17.5. The van der Waals surface area contributed by atoms with E-state index in [1.807, 2.05) is 53.4 Å². The van der Waals surface area contributed by atoms with Gasteiger partial charge in [0.15, 0.2) is 18.9 Å². The fourth-order valence-electron chi connectivity index (χ4n) is 3.81. The molecule has 0 spiro atoms. The van der Waals surface area contributed by atoms with E-state index in [-0.39, 0.29) is 36.4 Å². The van der Waals surface area contributed by atoms with E-state index in [4.69, 9.17) is 9.84 Å². The van der Waals surface area contributed by atoms with Crippen molar-refractivity contribution in [2.75, 3.05) is 12.4 Å². The van der Waals surface area contributed by atoms with Crippen molar-refractivity contribution in [3.63, 3.8) is 0 Å². The molecule has 0 saturated carbocycles. The number of thiol groups is 1. The molecule has 1 aromatic carbocycles. The first kappa shape index (κ1) is 20.3. The Morgan fingerprint density at radius 1 is 1.31 bits per heavy atom. The summed E-state index contributed by atoms with van der Waals surface area (Å²) >= 11 is 5.96. The highest BCUT2D eigenvalue weighted by Gasteiger charge is 2.56. The molecule has 2 unspecified atom stereocenters. The number of fused-ring (bicyclic) bond motifs is 1. The molecule has 2 fully saturated rings. The number of benzene rings is 1. The van der Waals surface area contributed by atoms with Crippen LogP contribution in [-0.2, 0) is 27.5 Å². The number of thioether (sulfide) groups is 1. The highest BCUT2D eigenvalue weighted by molar-refractivity contribution is 8.00. The molecular formula is C21H23N2O4S2+. The van der Waals surface area contributed by atoms with E-state index in [0.717, 1.165) is 16.0 Å². The number of aromatic nitrogens is 1. The molecule has 152 valence electrons. The first-order chi connectivity index (χ1) is 14.1. The van der Waals surface area contributed by atoms with E-state index in [1.54, 1.807) is 16.7 Å². The van der Waals surface area contributed by atoms with Crippen LogP contribution in [0.5, 0.6) is 0 Å². The Hall–Kier alpha value is -2.03. The summed E-state index contributed by atoms with van der Waals surface area (Å²) in [6.45, 7) is 0.856. The maximum atomic E-state index is 12.5. The quantitative estimate of drug-likeness (QED) is 0.302. The lowest BCUT2D eigenvalue weighted by atomic mass is 9.93. The Balaban J connectivity index is 1.34. The highest BCUT2D eigenvalue weighted by atomic mass is 32.2. The smallest absolute Gasteiger partial charge is 0.330 e. The summed E-state index contributed by atoms with van der Waals surface area (Å²) in [5, 5.41) is 9.07. The topological polar surface area (TPSA) is 70.7 Å². The molecule has 1 amide bonds. The third-order valence-corrected chi connectivity index (χ3v) is 6.92. The van der Waals surface area contributed by atoms with Crippen LogP contribution >= 0.6 is 24.4 Å². The van der Waals surface area contributed by atoms with E-state index in [1.165, 1.54) is 0 Å². The zero-order valence-electron chi connectivity index (χ0n) is 15.8. The average molecular weight is 432 g/mol. The highest BCUT2D eigenvalue weighted by Crippen LogP contribution is 2.45. The Kier molecular flexibility index (Phi) is 6.12. The van der Waals surface area contributed by atoms with Crippen molar-refractivity contribution in [3.8, 4) is 0 Å². The van der Waals surface area contributed by atoms with Gasteiger partial charge in [-0.1, -0.05) is 12.1 Å². The van der Waals surface area contributed by atoms with Crippen LogP contribution < -0.4 is 4.57 Å². The van der Waals surface area contributed by atoms with Crippen molar-refractivity contribution in [2.45, 2.75) is 35.9 Å². The first-order valence-electron chi connectivity index (χ1n) is 9.54. The summed E-state index contributed by atoms with van der Waals surface area (Å²) in [4.78, 5) is 27.3. The van der Waals surface area contributed by atoms with Gasteiger partial charge in [-0.2, -0.15) is 0 Å². The summed E-state index contributed by atoms with van der Waals surface area (Å²) < 4.78 is 7.54. The minimum absolute atomic E-state index is 0.00585. The van der Waals surface area contributed by atoms with E-state index in [0.29, 0.717) is 18.7 Å². The number of hydrogen-bond acceptors (Lipinski definition) is 6. The summed E-state index contributed by atoms with van der Waals surface area (Å²) in [6.07, 6.45) is 4.38. The van der Waals surface area contributed by atoms with Gasteiger partial charge in [-0.05, 0) is 24.6 Å². The van der Waals surface area contributed by atoms with Crippen LogP contribution in [0, 0.1) is 5.92 Å². The number of amides is 1. The fourth-order valence-corrected chi connectivity index (χ4v) is 5.64. The Morgan fingerprint density at radius 2 is 2.14 bits per heavy atom. The number of rotatable bonds is 7. The van der Waals surface area contributed by atoms with Gasteiger partial charge < -0.3 is 14.7 Å². The largest absolute Gasteiger partial charge is 0.459 e. The van der Waals surface area contributed by atoms with Gasteiger partial charge >= 0.3 is 5.97 Å². The number of aliphatic hydroxyl groups is 1. The number of hydrogen-bond donors (Lipinski definition) is 2. The van der Waals surface area contributed by atoms with Crippen LogP contribution in [0.15, 0.2) is 53.7 Å². The van der Waals surface area contributed by atoms with Gasteiger partial charge in [-0.3, -0.25) is 4.79 Å². The molecule has 0 aliphatic carbocycles. The van der Waals surface area contributed by atoms with Crippen LogP contribution in [0.2, 0.25) is 0 Å². The fraction of sp³-hybridized carbons (Fsp3) is 0.381. The zero-order chi connectivity index (χ0) is 20.4. The molecular weight excluding hydrogens is 408 g/mol. The standard InChI is InChI=1S/C21H22N2O4S2/c24-8-6-17-19(25)23-18(13-29-20(17)23)21(26)27-12-15-4-2-7-22(11-15)10-14-3-1-5-16(28)9-14/h1-5,7,9,11,17-18,20,24H,6,8,10,12-13H2/p+1/t17-,18?,20?/m0/s1. The maximum absolute atomic E-state index is 12.5. The second kappa shape index (κ2) is 8.77. The van der Waals surface area contributed by atoms with Gasteiger partial charge in [0, 0.05) is 28.9 Å². The van der Waals surface area contributed by atoms with Crippen molar-refractivity contribution in [1.82, 2.24) is 4.90 Å². The molecule has 1 aromatic heterocycles. The number of nitrogens with zero attached hydrogens (tertiary/aromatic N) is 2. The predicted octanol–water partition coefficient (Wildman–Crippen LogP) is 1.64. The molecule has 3 atom stereocenters. The SMILES string of the molecule is O=C(OCc1ccc[n+](Cc2cccc(S)c2)c1)C1CSC2[C@@H](CCO)C(=O)N12. The third kappa shape index (κ3) is 4.29. The molecule has 1 N–H and O–H groups in total. The first-order valence-corrected chi connectivity index (χ1v) is 11.0. The minimum Gasteiger partial charge on any atom is -0.459 e. The van der Waals surface area contributed by atoms with E-state index >= 15 is 0 Å². The monoisotopic (exact) mass is 431 g/mol. The summed E-state index contributed by atoms with van der Waals surface area (Å²) in [5.41, 5.74) is 2.03. The number of carbonyl (C=O) groups is 2. The van der Waals surface area contributed by atoms with Gasteiger partial charge in [0.05, 0.1) is 16.9 Å². The molecule has 29 heavy (non-hydrogen) atoms. The summed E-state index contributed by atoms with van der Waals surface area (Å²) in [7, 11) is 0. The van der Waals surface area contributed by atoms with Gasteiger partial charge in [0.2, 0.25) is 5.91 Å². The Morgan fingerprint density at radius 3 is 2.93 bits per heavy atom. The lowest BCUT2D eigenvalue weighted by molar-refractivity contribution is -0.688. The molecule has 2 aliphatic rings. The van der Waals surface area contributed by atoms with Crippen molar-refractivity contribution >= 4 is 36.3 Å². The normalized spacial score (nSPS) is 22.9. The number of carbonyl (C=O) groups excluding carboxylic acids is 2. The number of esters is 1. The average Bonchev–Trinajstić information content (AvgIpc) is 3.11. The lowest BCUT2D eigenvalue weighted by Crippen LogP contribution is -2.61. The molecule has 2 aliphatic heterocycles. The maximum Gasteiger partial charge on any atom is 0.330 e. The number of aliphatic hydroxyl groups excluding tert-OH is 1. The predicted molar refractivity (Wildman–Crippen MR) is 111 cm³/mol. The van der Waals surface area contributed by atoms with Crippen molar-refractivity contribution in [3.05, 3.63) is 59.9 Å². The molecule has 0 bridgehead atoms. The van der Waals surface area contributed by atoms with Crippen LogP contribution in [0.3, 0.4) is 0 Å². The molecule has 4 rings (SSSR count). The van der Waals surface area contributed by atoms with Crippen LogP contribution in [0.25, 0.3) is 0 Å². The Labute approximate surface area is 179 Å². The molecule has 8 heteroatoms. The van der Waals surface area contributed by atoms with Crippen LogP contribution in [0.4, 0.5) is 0 Å². The molecule has 2 aromatic rings.